The van der Waals surface area contributed by atoms with Gasteiger partial charge in [-0.15, -0.1) is 0 Å². The van der Waals surface area contributed by atoms with Crippen molar-refractivity contribution < 1.29 is 24.2 Å². The van der Waals surface area contributed by atoms with Crippen molar-refractivity contribution in [2.45, 2.75) is 83.1 Å². The van der Waals surface area contributed by atoms with Crippen molar-refractivity contribution >= 4 is 23.4 Å². The number of nitrogens with zero attached hydrogens (tertiary/aromatic N) is 1. The molecule has 5 rings (SSSR count). The molecular weight excluding hydrogens is 506 g/mol. The predicted octanol–water partition coefficient (Wildman–Crippen LogP) is 3.88. The Morgan fingerprint density at radius 1 is 1.00 bits per heavy atom. The maximum absolute atomic E-state index is 14.2. The van der Waals surface area contributed by atoms with Gasteiger partial charge < -0.3 is 25.4 Å². The number of rotatable bonds is 11. The van der Waals surface area contributed by atoms with E-state index in [1.165, 1.54) is 0 Å². The smallest absolute Gasteiger partial charge is 0.250 e. The summed E-state index contributed by atoms with van der Waals surface area (Å²) in [6.07, 6.45) is 3.80. The van der Waals surface area contributed by atoms with Crippen LogP contribution in [0.3, 0.4) is 0 Å². The standard InChI is InChI=1S/C32H41N3O5/c1-4-31-16-17-32(40-31)25(24(31)28(37)33-20-23-14-7-5-8-15-23)30(39)35(18-9-6-10-19-36)27(32)29(38)34-26-21(2)12-11-13-22(26)3/h5,7-8,11-15,24-25,27,36H,4,6,9-10,16-20H2,1-3H3,(H,33,37)(H,34,38)/t24-,25+,27?,31+,32?/m1/s1. The van der Waals surface area contributed by atoms with E-state index in [1.54, 1.807) is 4.90 Å². The fourth-order valence-electron chi connectivity index (χ4n) is 7.33. The van der Waals surface area contributed by atoms with Crippen molar-refractivity contribution in [3.05, 3.63) is 65.2 Å². The van der Waals surface area contributed by atoms with Gasteiger partial charge in [0.05, 0.1) is 17.4 Å². The topological polar surface area (TPSA) is 108 Å². The second kappa shape index (κ2) is 11.3. The van der Waals surface area contributed by atoms with Crippen LogP contribution >= 0.6 is 0 Å². The van der Waals surface area contributed by atoms with Gasteiger partial charge in [0, 0.05) is 25.4 Å². The van der Waals surface area contributed by atoms with E-state index in [2.05, 4.69) is 10.6 Å². The Labute approximate surface area is 236 Å². The minimum absolute atomic E-state index is 0.0861. The van der Waals surface area contributed by atoms with Gasteiger partial charge in [-0.05, 0) is 69.1 Å². The number of nitrogens with one attached hydrogen (secondary N) is 2. The average Bonchev–Trinajstić information content (AvgIpc) is 3.56. The number of carbonyl (C=O) groups excluding carboxylic acids is 3. The molecule has 0 radical (unpaired) electrons. The lowest BCUT2D eigenvalue weighted by atomic mass is 9.65. The summed E-state index contributed by atoms with van der Waals surface area (Å²) in [5, 5.41) is 15.5. The number of hydrogen-bond acceptors (Lipinski definition) is 5. The normalized spacial score (nSPS) is 28.6. The Morgan fingerprint density at radius 3 is 2.40 bits per heavy atom. The molecule has 40 heavy (non-hydrogen) atoms. The first kappa shape index (κ1) is 28.3. The number of aryl methyl sites for hydroxylation is 2. The summed E-state index contributed by atoms with van der Waals surface area (Å²) in [5.41, 5.74) is 1.78. The lowest BCUT2D eigenvalue weighted by Gasteiger charge is -2.34. The first-order valence-corrected chi connectivity index (χ1v) is 14.6. The van der Waals surface area contributed by atoms with Crippen molar-refractivity contribution in [3.63, 3.8) is 0 Å². The highest BCUT2D eigenvalue weighted by Crippen LogP contribution is 2.64. The quantitative estimate of drug-likeness (QED) is 0.370. The molecule has 2 aromatic carbocycles. The van der Waals surface area contributed by atoms with E-state index in [4.69, 9.17) is 4.74 Å². The summed E-state index contributed by atoms with van der Waals surface area (Å²) >= 11 is 0. The third-order valence-electron chi connectivity index (χ3n) is 9.31. The number of unbranched alkanes of at least 4 members (excludes halogenated alkanes) is 2. The summed E-state index contributed by atoms with van der Waals surface area (Å²) in [4.78, 5) is 43.9. The number of likely N-dealkylation sites (tertiary alicyclic amines) is 1. The van der Waals surface area contributed by atoms with Crippen LogP contribution in [0.2, 0.25) is 0 Å². The van der Waals surface area contributed by atoms with Crippen molar-refractivity contribution in [3.8, 4) is 0 Å². The van der Waals surface area contributed by atoms with Crippen LogP contribution in [0.25, 0.3) is 0 Å². The number of para-hydroxylation sites is 1. The van der Waals surface area contributed by atoms with Crippen molar-refractivity contribution in [2.75, 3.05) is 18.5 Å². The van der Waals surface area contributed by atoms with Gasteiger partial charge in [-0.2, -0.15) is 0 Å². The molecule has 2 aromatic rings. The first-order valence-electron chi connectivity index (χ1n) is 14.6. The van der Waals surface area contributed by atoms with E-state index in [1.807, 2.05) is 69.3 Å². The third-order valence-corrected chi connectivity index (χ3v) is 9.31. The lowest BCUT2D eigenvalue weighted by Crippen LogP contribution is -2.53. The van der Waals surface area contributed by atoms with E-state index in [0.29, 0.717) is 45.2 Å². The summed E-state index contributed by atoms with van der Waals surface area (Å²) in [7, 11) is 0. The van der Waals surface area contributed by atoms with Crippen molar-refractivity contribution in [1.82, 2.24) is 10.2 Å². The Balaban J connectivity index is 1.47. The summed E-state index contributed by atoms with van der Waals surface area (Å²) in [6.45, 7) is 6.73. The SMILES string of the molecule is CC[C@@]12CCC3(O1)C(C(=O)Nc1c(C)cccc1C)N(CCCCCO)C(=O)[C@@H]3[C@@H]2C(=O)NCc1ccccc1. The largest absolute Gasteiger partial charge is 0.396 e. The molecule has 3 aliphatic heterocycles. The second-order valence-electron chi connectivity index (χ2n) is 11.6. The molecule has 0 aromatic heterocycles. The van der Waals surface area contributed by atoms with Crippen LogP contribution < -0.4 is 10.6 Å². The number of benzene rings is 2. The number of anilines is 1. The third kappa shape index (κ3) is 4.71. The Bertz CT molecular complexity index is 1250. The number of ether oxygens (including phenoxy) is 1. The van der Waals surface area contributed by atoms with E-state index in [9.17, 15) is 19.5 Å². The molecule has 3 N–H and O–H groups in total. The maximum atomic E-state index is 14.2. The Kier molecular flexibility index (Phi) is 8.02. The Hall–Kier alpha value is -3.23. The summed E-state index contributed by atoms with van der Waals surface area (Å²) in [5.74, 6) is -2.03. The van der Waals surface area contributed by atoms with Crippen LogP contribution in [-0.2, 0) is 25.7 Å². The van der Waals surface area contributed by atoms with Crippen molar-refractivity contribution in [1.29, 1.82) is 0 Å². The highest BCUT2D eigenvalue weighted by atomic mass is 16.5. The number of aliphatic hydroxyl groups is 1. The molecule has 5 atom stereocenters. The number of hydrogen-bond donors (Lipinski definition) is 3. The van der Waals surface area contributed by atoms with Crippen molar-refractivity contribution in [2.24, 2.45) is 11.8 Å². The number of fused-ring (bicyclic) bond motifs is 1. The highest BCUT2D eigenvalue weighted by molar-refractivity contribution is 6.04. The molecule has 3 heterocycles. The maximum Gasteiger partial charge on any atom is 0.250 e. The molecule has 8 heteroatoms. The molecule has 2 bridgehead atoms. The highest BCUT2D eigenvalue weighted by Gasteiger charge is 2.78. The van der Waals surface area contributed by atoms with Crippen LogP contribution in [0.15, 0.2) is 48.5 Å². The molecule has 3 saturated heterocycles. The van der Waals surface area contributed by atoms with E-state index in [-0.39, 0.29) is 24.3 Å². The van der Waals surface area contributed by atoms with Gasteiger partial charge in [0.15, 0.2) is 0 Å². The molecule has 2 unspecified atom stereocenters. The van der Waals surface area contributed by atoms with Crippen LogP contribution in [-0.4, -0.2) is 58.1 Å². The zero-order valence-corrected chi connectivity index (χ0v) is 23.7. The zero-order chi connectivity index (χ0) is 28.5. The predicted molar refractivity (Wildman–Crippen MR) is 152 cm³/mol. The van der Waals surface area contributed by atoms with E-state index < -0.39 is 29.1 Å². The molecule has 8 nitrogen and oxygen atoms in total. The summed E-state index contributed by atoms with van der Waals surface area (Å²) < 4.78 is 6.84. The van der Waals surface area contributed by atoms with Gasteiger partial charge in [0.2, 0.25) is 17.7 Å². The number of aliphatic hydroxyl groups excluding tert-OH is 1. The van der Waals surface area contributed by atoms with Crippen LogP contribution in [0.4, 0.5) is 5.69 Å². The van der Waals surface area contributed by atoms with Gasteiger partial charge in [-0.1, -0.05) is 55.5 Å². The molecule has 3 aliphatic rings. The lowest BCUT2D eigenvalue weighted by molar-refractivity contribution is -0.146. The zero-order valence-electron chi connectivity index (χ0n) is 23.7. The molecule has 0 saturated carbocycles. The van der Waals surface area contributed by atoms with Gasteiger partial charge in [-0.3, -0.25) is 14.4 Å². The van der Waals surface area contributed by atoms with Crippen LogP contribution in [0.1, 0.15) is 62.1 Å². The molecule has 1 spiro atoms. The molecule has 3 fully saturated rings. The molecule has 214 valence electrons. The second-order valence-corrected chi connectivity index (χ2v) is 11.6. The van der Waals surface area contributed by atoms with E-state index >= 15 is 0 Å². The minimum Gasteiger partial charge on any atom is -0.396 e. The number of carbonyl (C=O) groups is 3. The van der Waals surface area contributed by atoms with Gasteiger partial charge in [0.25, 0.3) is 0 Å². The Morgan fingerprint density at radius 2 is 1.73 bits per heavy atom. The minimum atomic E-state index is -1.06. The van der Waals surface area contributed by atoms with E-state index in [0.717, 1.165) is 28.8 Å². The monoisotopic (exact) mass is 547 g/mol. The first-order chi connectivity index (χ1) is 19.3. The molecule has 3 amide bonds. The summed E-state index contributed by atoms with van der Waals surface area (Å²) in [6, 6.07) is 14.7. The fourth-order valence-corrected chi connectivity index (χ4v) is 7.33. The molecular formula is C32H41N3O5. The molecule has 0 aliphatic carbocycles. The fraction of sp³-hybridized carbons (Fsp3) is 0.531. The van der Waals surface area contributed by atoms with Gasteiger partial charge >= 0.3 is 0 Å². The van der Waals surface area contributed by atoms with Crippen LogP contribution in [0.5, 0.6) is 0 Å². The van der Waals surface area contributed by atoms with Crippen LogP contribution in [0, 0.1) is 25.7 Å². The average molecular weight is 548 g/mol. The van der Waals surface area contributed by atoms with Gasteiger partial charge in [0.1, 0.15) is 11.6 Å². The number of amides is 3. The van der Waals surface area contributed by atoms with Gasteiger partial charge in [-0.25, -0.2) is 0 Å².